The lowest BCUT2D eigenvalue weighted by Gasteiger charge is -2.21. The molecule has 2 aliphatic rings. The number of sulfonamides is 1. The third-order valence-electron chi connectivity index (χ3n) is 4.62. The zero-order valence-electron chi connectivity index (χ0n) is 12.7. The largest absolute Gasteiger partial charge is 0.497 e. The first-order valence-electron chi connectivity index (χ1n) is 7.29. The Hall–Kier alpha value is -1.11. The van der Waals surface area contributed by atoms with Crippen molar-refractivity contribution in [3.8, 4) is 5.75 Å². The van der Waals surface area contributed by atoms with Crippen molar-refractivity contribution in [2.24, 2.45) is 11.8 Å². The number of ether oxygens (including phenoxy) is 1. The van der Waals surface area contributed by atoms with Crippen molar-refractivity contribution in [3.63, 3.8) is 0 Å². The number of hydrogen-bond acceptors (Lipinski definition) is 4. The highest BCUT2D eigenvalue weighted by Crippen LogP contribution is 2.34. The normalized spacial score (nSPS) is 26.0. The Labute approximate surface area is 126 Å². The van der Waals surface area contributed by atoms with Gasteiger partial charge in [0.2, 0.25) is 10.0 Å². The van der Waals surface area contributed by atoms with Crippen molar-refractivity contribution in [2.75, 3.05) is 33.3 Å². The van der Waals surface area contributed by atoms with Crippen molar-refractivity contribution in [1.29, 1.82) is 0 Å². The molecule has 0 spiro atoms. The summed E-state index contributed by atoms with van der Waals surface area (Å²) >= 11 is 0. The van der Waals surface area contributed by atoms with Crippen LogP contribution in [0.4, 0.5) is 0 Å². The Bertz CT molecular complexity index is 622. The average Bonchev–Trinajstić information content (AvgIpc) is 2.98. The minimum Gasteiger partial charge on any atom is -0.497 e. The van der Waals surface area contributed by atoms with Gasteiger partial charge >= 0.3 is 0 Å². The monoisotopic (exact) mass is 310 g/mol. The molecule has 0 amide bonds. The van der Waals surface area contributed by atoms with Gasteiger partial charge in [-0.2, -0.15) is 4.31 Å². The van der Waals surface area contributed by atoms with E-state index in [1.807, 2.05) is 13.8 Å². The fraction of sp³-hybridized carbons (Fsp3) is 0.600. The van der Waals surface area contributed by atoms with Crippen LogP contribution in [0.1, 0.15) is 11.1 Å². The molecule has 3 rings (SSSR count). The minimum atomic E-state index is -3.42. The molecule has 2 aliphatic heterocycles. The van der Waals surface area contributed by atoms with Crippen LogP contribution in [0.3, 0.4) is 0 Å². The molecule has 116 valence electrons. The summed E-state index contributed by atoms with van der Waals surface area (Å²) in [5.74, 6) is 1.61. The number of rotatable bonds is 3. The van der Waals surface area contributed by atoms with E-state index in [1.165, 1.54) is 0 Å². The van der Waals surface area contributed by atoms with Crippen molar-refractivity contribution in [1.82, 2.24) is 9.62 Å². The highest BCUT2D eigenvalue weighted by molar-refractivity contribution is 7.89. The molecule has 0 saturated carbocycles. The second kappa shape index (κ2) is 5.26. The van der Waals surface area contributed by atoms with E-state index in [1.54, 1.807) is 23.5 Å². The van der Waals surface area contributed by atoms with Crippen molar-refractivity contribution in [3.05, 3.63) is 23.3 Å². The van der Waals surface area contributed by atoms with E-state index in [4.69, 9.17) is 4.74 Å². The molecule has 2 fully saturated rings. The fourth-order valence-corrected chi connectivity index (χ4v) is 5.54. The Morgan fingerprint density at radius 2 is 1.67 bits per heavy atom. The zero-order valence-corrected chi connectivity index (χ0v) is 13.5. The Balaban J connectivity index is 1.96. The Morgan fingerprint density at radius 1 is 1.14 bits per heavy atom. The highest BCUT2D eigenvalue weighted by atomic mass is 32.2. The summed E-state index contributed by atoms with van der Waals surface area (Å²) < 4.78 is 32.8. The molecule has 0 radical (unpaired) electrons. The summed E-state index contributed by atoms with van der Waals surface area (Å²) in [6, 6.07) is 3.58. The minimum absolute atomic E-state index is 0.441. The van der Waals surface area contributed by atoms with Gasteiger partial charge in [-0.25, -0.2) is 8.42 Å². The zero-order chi connectivity index (χ0) is 15.2. The number of nitrogens with one attached hydrogen (secondary N) is 1. The number of hydrogen-bond donors (Lipinski definition) is 1. The molecule has 2 saturated heterocycles. The van der Waals surface area contributed by atoms with E-state index in [-0.39, 0.29) is 0 Å². The lowest BCUT2D eigenvalue weighted by molar-refractivity contribution is 0.413. The van der Waals surface area contributed by atoms with Gasteiger partial charge in [0, 0.05) is 13.1 Å². The quantitative estimate of drug-likeness (QED) is 0.910. The van der Waals surface area contributed by atoms with Crippen molar-refractivity contribution in [2.45, 2.75) is 18.7 Å². The van der Waals surface area contributed by atoms with Gasteiger partial charge in [0.15, 0.2) is 0 Å². The lowest BCUT2D eigenvalue weighted by Crippen LogP contribution is -2.32. The number of fused-ring (bicyclic) bond motifs is 1. The number of methoxy groups -OCH3 is 1. The molecule has 2 unspecified atom stereocenters. The predicted octanol–water partition coefficient (Wildman–Crippen LogP) is 1.15. The van der Waals surface area contributed by atoms with Gasteiger partial charge in [0.05, 0.1) is 12.0 Å². The molecule has 2 atom stereocenters. The first-order chi connectivity index (χ1) is 9.93. The molecule has 0 bridgehead atoms. The number of nitrogens with zero attached hydrogens (tertiary/aromatic N) is 1. The summed E-state index contributed by atoms with van der Waals surface area (Å²) in [5, 5.41) is 3.34. The molecule has 0 aromatic heterocycles. The third kappa shape index (κ3) is 2.45. The second-order valence-electron chi connectivity index (χ2n) is 6.09. The molecule has 1 aromatic rings. The maximum Gasteiger partial charge on any atom is 0.243 e. The topological polar surface area (TPSA) is 58.6 Å². The maximum absolute atomic E-state index is 13.0. The molecule has 21 heavy (non-hydrogen) atoms. The molecular weight excluding hydrogens is 288 g/mol. The fourth-order valence-electron chi connectivity index (χ4n) is 3.57. The Morgan fingerprint density at radius 3 is 2.14 bits per heavy atom. The molecule has 1 N–H and O–H groups in total. The van der Waals surface area contributed by atoms with Gasteiger partial charge in [-0.15, -0.1) is 0 Å². The van der Waals surface area contributed by atoms with Crippen LogP contribution in [0.25, 0.3) is 0 Å². The third-order valence-corrected chi connectivity index (χ3v) is 6.76. The second-order valence-corrected chi connectivity index (χ2v) is 7.97. The molecule has 1 aromatic carbocycles. The molecular formula is C15H22N2O3S. The van der Waals surface area contributed by atoms with Gasteiger partial charge in [-0.3, -0.25) is 0 Å². The van der Waals surface area contributed by atoms with Gasteiger partial charge in [0.25, 0.3) is 0 Å². The first-order valence-corrected chi connectivity index (χ1v) is 8.73. The van der Waals surface area contributed by atoms with E-state index >= 15 is 0 Å². The summed E-state index contributed by atoms with van der Waals surface area (Å²) in [4.78, 5) is 0.441. The summed E-state index contributed by atoms with van der Waals surface area (Å²) in [5.41, 5.74) is 1.50. The van der Waals surface area contributed by atoms with Crippen LogP contribution in [0, 0.1) is 25.7 Å². The predicted molar refractivity (Wildman–Crippen MR) is 81.1 cm³/mol. The van der Waals surface area contributed by atoms with Crippen LogP contribution in [-0.4, -0.2) is 46.0 Å². The maximum atomic E-state index is 13.0. The van der Waals surface area contributed by atoms with Crippen LogP contribution in [0.5, 0.6) is 5.75 Å². The van der Waals surface area contributed by atoms with Gasteiger partial charge in [-0.1, -0.05) is 0 Å². The van der Waals surface area contributed by atoms with Crippen LogP contribution in [0.15, 0.2) is 17.0 Å². The van der Waals surface area contributed by atoms with E-state index in [9.17, 15) is 8.42 Å². The van der Waals surface area contributed by atoms with E-state index in [2.05, 4.69) is 5.32 Å². The Kier molecular flexibility index (Phi) is 3.71. The lowest BCUT2D eigenvalue weighted by atomic mass is 10.0. The van der Waals surface area contributed by atoms with Crippen LogP contribution < -0.4 is 10.1 Å². The van der Waals surface area contributed by atoms with Crippen LogP contribution in [0.2, 0.25) is 0 Å². The first kappa shape index (κ1) is 14.8. The molecule has 2 heterocycles. The van der Waals surface area contributed by atoms with Crippen LogP contribution in [-0.2, 0) is 10.0 Å². The summed E-state index contributed by atoms with van der Waals surface area (Å²) in [6.45, 7) is 6.78. The van der Waals surface area contributed by atoms with Crippen molar-refractivity contribution < 1.29 is 13.2 Å². The number of benzene rings is 1. The standard InChI is InChI=1S/C15H22N2O3S/c1-10-4-14(20-3)5-11(2)15(10)21(18,19)17-8-12-6-16-7-13(12)9-17/h4-5,12-13,16H,6-9H2,1-3H3. The van der Waals surface area contributed by atoms with Crippen molar-refractivity contribution >= 4 is 10.0 Å². The SMILES string of the molecule is COc1cc(C)c(S(=O)(=O)N2CC3CNCC3C2)c(C)c1. The number of aryl methyl sites for hydroxylation is 2. The molecule has 6 heteroatoms. The summed E-state index contributed by atoms with van der Waals surface area (Å²) in [7, 11) is -1.82. The highest BCUT2D eigenvalue weighted by Gasteiger charge is 2.42. The van der Waals surface area contributed by atoms with E-state index < -0.39 is 10.0 Å². The van der Waals surface area contributed by atoms with Crippen LogP contribution >= 0.6 is 0 Å². The summed E-state index contributed by atoms with van der Waals surface area (Å²) in [6.07, 6.45) is 0. The average molecular weight is 310 g/mol. The molecule has 5 nitrogen and oxygen atoms in total. The smallest absolute Gasteiger partial charge is 0.243 e. The van der Waals surface area contributed by atoms with Gasteiger partial charge < -0.3 is 10.1 Å². The van der Waals surface area contributed by atoms with E-state index in [0.29, 0.717) is 35.6 Å². The van der Waals surface area contributed by atoms with E-state index in [0.717, 1.165) is 24.2 Å². The van der Waals surface area contributed by atoms with Gasteiger partial charge in [-0.05, 0) is 62.0 Å². The van der Waals surface area contributed by atoms with Gasteiger partial charge in [0.1, 0.15) is 5.75 Å². The molecule has 0 aliphatic carbocycles.